The summed E-state index contributed by atoms with van der Waals surface area (Å²) < 4.78 is 32.6. The molecular weight excluding hydrogens is 298 g/mol. The van der Waals surface area contributed by atoms with Crippen LogP contribution in [0.3, 0.4) is 0 Å². The molecule has 0 spiro atoms. The van der Waals surface area contributed by atoms with Gasteiger partial charge >= 0.3 is 0 Å². The van der Waals surface area contributed by atoms with E-state index in [1.807, 2.05) is 0 Å². The van der Waals surface area contributed by atoms with Gasteiger partial charge in [-0.25, -0.2) is 8.78 Å². The van der Waals surface area contributed by atoms with Gasteiger partial charge in [0.25, 0.3) is 0 Å². The van der Waals surface area contributed by atoms with Crippen LogP contribution < -0.4 is 4.74 Å². The largest absolute Gasteiger partial charge is 0.489 e. The number of aliphatic hydroxyl groups is 1. The smallest absolute Gasteiger partial charge is 0.142 e. The Hall–Kier alpha value is -2.09. The van der Waals surface area contributed by atoms with Crippen molar-refractivity contribution in [3.63, 3.8) is 0 Å². The Bertz CT molecular complexity index is 685. The molecule has 0 amide bonds. The van der Waals surface area contributed by atoms with Crippen LogP contribution in [0.15, 0.2) is 36.4 Å². The summed E-state index contributed by atoms with van der Waals surface area (Å²) in [7, 11) is 0. The van der Waals surface area contributed by atoms with Crippen LogP contribution in [0.5, 0.6) is 5.75 Å². The lowest BCUT2D eigenvalue weighted by molar-refractivity contribution is 0.298. The average Bonchev–Trinajstić information content (AvgIpc) is 2.46. The number of halogens is 3. The molecule has 0 aliphatic heterocycles. The third-order valence-electron chi connectivity index (χ3n) is 2.69. The second kappa shape index (κ2) is 7.07. The maximum Gasteiger partial charge on any atom is 0.142 e. The Kier molecular flexibility index (Phi) is 5.15. The molecule has 2 aromatic rings. The van der Waals surface area contributed by atoms with Crippen LogP contribution in [0.4, 0.5) is 8.78 Å². The quantitative estimate of drug-likeness (QED) is 0.879. The molecule has 2 aromatic carbocycles. The summed E-state index contributed by atoms with van der Waals surface area (Å²) >= 11 is 5.87. The fraction of sp³-hybridized carbons (Fsp3) is 0.125. The van der Waals surface area contributed by atoms with Crippen LogP contribution >= 0.6 is 11.6 Å². The Morgan fingerprint density at radius 1 is 1.14 bits per heavy atom. The van der Waals surface area contributed by atoms with Crippen molar-refractivity contribution in [2.45, 2.75) is 6.61 Å². The second-order valence-electron chi connectivity index (χ2n) is 4.09. The molecule has 108 valence electrons. The zero-order valence-corrected chi connectivity index (χ0v) is 11.6. The molecule has 0 aliphatic rings. The third kappa shape index (κ3) is 3.94. The van der Waals surface area contributed by atoms with Crippen molar-refractivity contribution in [2.75, 3.05) is 6.61 Å². The molecule has 0 aromatic heterocycles. The molecule has 0 unspecified atom stereocenters. The first-order valence-electron chi connectivity index (χ1n) is 6.07. The van der Waals surface area contributed by atoms with E-state index in [2.05, 4.69) is 11.8 Å². The van der Waals surface area contributed by atoms with E-state index in [0.717, 1.165) is 6.07 Å². The first-order chi connectivity index (χ1) is 10.1. The van der Waals surface area contributed by atoms with Gasteiger partial charge in [-0.2, -0.15) is 0 Å². The Labute approximate surface area is 125 Å². The molecule has 2 nitrogen and oxygen atoms in total. The standard InChI is InChI=1S/C16H11ClF2O2/c17-14-4-1-5-15(18)13(14)10-21-12-7-6-11(3-2-8-20)16(19)9-12/h1,4-7,9,20H,8,10H2. The first-order valence-corrected chi connectivity index (χ1v) is 6.44. The summed E-state index contributed by atoms with van der Waals surface area (Å²) in [6, 6.07) is 8.41. The van der Waals surface area contributed by atoms with E-state index < -0.39 is 11.6 Å². The molecule has 0 heterocycles. The molecule has 0 bridgehead atoms. The van der Waals surface area contributed by atoms with Crippen molar-refractivity contribution in [3.05, 3.63) is 64.2 Å². The van der Waals surface area contributed by atoms with Crippen molar-refractivity contribution in [2.24, 2.45) is 0 Å². The Morgan fingerprint density at radius 3 is 2.62 bits per heavy atom. The van der Waals surface area contributed by atoms with Crippen LogP contribution in [0.25, 0.3) is 0 Å². The van der Waals surface area contributed by atoms with Crippen molar-refractivity contribution in [1.82, 2.24) is 0 Å². The SMILES string of the molecule is OCC#Cc1ccc(OCc2c(F)cccc2Cl)cc1F. The van der Waals surface area contributed by atoms with Crippen molar-refractivity contribution in [1.29, 1.82) is 0 Å². The lowest BCUT2D eigenvalue weighted by Crippen LogP contribution is -2.00. The van der Waals surface area contributed by atoms with Gasteiger partial charge in [0.2, 0.25) is 0 Å². The average molecular weight is 309 g/mol. The molecule has 0 fully saturated rings. The molecule has 0 radical (unpaired) electrons. The molecule has 5 heteroatoms. The third-order valence-corrected chi connectivity index (χ3v) is 3.04. The fourth-order valence-electron chi connectivity index (χ4n) is 1.65. The zero-order valence-electron chi connectivity index (χ0n) is 10.9. The van der Waals surface area contributed by atoms with Gasteiger partial charge in [0.1, 0.15) is 30.6 Å². The lowest BCUT2D eigenvalue weighted by Gasteiger charge is -2.09. The van der Waals surface area contributed by atoms with Gasteiger partial charge in [-0.05, 0) is 24.3 Å². The summed E-state index contributed by atoms with van der Waals surface area (Å²) in [5, 5.41) is 8.82. The molecule has 0 saturated carbocycles. The van der Waals surface area contributed by atoms with Gasteiger partial charge in [-0.1, -0.05) is 29.5 Å². The number of ether oxygens (including phenoxy) is 1. The molecule has 0 saturated heterocycles. The van der Waals surface area contributed by atoms with Crippen LogP contribution in [0, 0.1) is 23.5 Å². The highest BCUT2D eigenvalue weighted by atomic mass is 35.5. The predicted molar refractivity (Wildman–Crippen MR) is 76.1 cm³/mol. The molecular formula is C16H11ClF2O2. The number of aliphatic hydroxyl groups excluding tert-OH is 1. The molecule has 0 atom stereocenters. The zero-order chi connectivity index (χ0) is 15.2. The highest BCUT2D eigenvalue weighted by Gasteiger charge is 2.08. The number of hydrogen-bond acceptors (Lipinski definition) is 2. The van der Waals surface area contributed by atoms with Gasteiger partial charge in [0, 0.05) is 11.6 Å². The summed E-state index contributed by atoms with van der Waals surface area (Å²) in [4.78, 5) is 0. The van der Waals surface area contributed by atoms with Crippen LogP contribution in [0.1, 0.15) is 11.1 Å². The topological polar surface area (TPSA) is 29.5 Å². The predicted octanol–water partition coefficient (Wildman–Crippen LogP) is 3.54. The van der Waals surface area contributed by atoms with E-state index in [1.165, 1.54) is 24.3 Å². The lowest BCUT2D eigenvalue weighted by atomic mass is 10.2. The van der Waals surface area contributed by atoms with E-state index in [-0.39, 0.29) is 35.1 Å². The van der Waals surface area contributed by atoms with Crippen molar-refractivity contribution >= 4 is 11.6 Å². The number of hydrogen-bond donors (Lipinski definition) is 1. The minimum absolute atomic E-state index is 0.105. The normalized spacial score (nSPS) is 9.90. The number of rotatable bonds is 3. The van der Waals surface area contributed by atoms with E-state index in [9.17, 15) is 8.78 Å². The van der Waals surface area contributed by atoms with Crippen molar-refractivity contribution < 1.29 is 18.6 Å². The maximum absolute atomic E-state index is 13.7. The van der Waals surface area contributed by atoms with Gasteiger partial charge in [-0.3, -0.25) is 0 Å². The minimum Gasteiger partial charge on any atom is -0.489 e. The first kappa shape index (κ1) is 15.3. The summed E-state index contributed by atoms with van der Waals surface area (Å²) in [5.74, 6) is 4.01. The second-order valence-corrected chi connectivity index (χ2v) is 4.50. The maximum atomic E-state index is 13.7. The summed E-state index contributed by atoms with van der Waals surface area (Å²) in [6.07, 6.45) is 0. The van der Waals surface area contributed by atoms with Gasteiger partial charge in [0.15, 0.2) is 0 Å². The van der Waals surface area contributed by atoms with E-state index in [1.54, 1.807) is 6.07 Å². The van der Waals surface area contributed by atoms with Gasteiger partial charge in [0.05, 0.1) is 10.6 Å². The Balaban J connectivity index is 2.12. The molecule has 1 N–H and O–H groups in total. The van der Waals surface area contributed by atoms with Crippen LogP contribution in [-0.4, -0.2) is 11.7 Å². The van der Waals surface area contributed by atoms with Gasteiger partial charge < -0.3 is 9.84 Å². The Morgan fingerprint density at radius 2 is 1.95 bits per heavy atom. The molecule has 21 heavy (non-hydrogen) atoms. The van der Waals surface area contributed by atoms with E-state index >= 15 is 0 Å². The minimum atomic E-state index is -0.576. The summed E-state index contributed by atoms with van der Waals surface area (Å²) in [6.45, 7) is -0.448. The van der Waals surface area contributed by atoms with Crippen LogP contribution in [-0.2, 0) is 6.61 Å². The summed E-state index contributed by atoms with van der Waals surface area (Å²) in [5.41, 5.74) is 0.365. The fourth-order valence-corrected chi connectivity index (χ4v) is 1.87. The van der Waals surface area contributed by atoms with Crippen molar-refractivity contribution in [3.8, 4) is 17.6 Å². The monoisotopic (exact) mass is 308 g/mol. The highest BCUT2D eigenvalue weighted by molar-refractivity contribution is 6.31. The molecule has 0 aliphatic carbocycles. The van der Waals surface area contributed by atoms with Crippen LogP contribution in [0.2, 0.25) is 5.02 Å². The highest BCUT2D eigenvalue weighted by Crippen LogP contribution is 2.22. The molecule has 2 rings (SSSR count). The van der Waals surface area contributed by atoms with E-state index in [4.69, 9.17) is 21.4 Å². The van der Waals surface area contributed by atoms with E-state index in [0.29, 0.717) is 0 Å². The van der Waals surface area contributed by atoms with Gasteiger partial charge in [-0.15, -0.1) is 0 Å². The number of benzene rings is 2.